The van der Waals surface area contributed by atoms with Crippen molar-refractivity contribution >= 4 is 44.7 Å². The molecule has 0 saturated carbocycles. The number of aromatic nitrogens is 1. The summed E-state index contributed by atoms with van der Waals surface area (Å²) >= 11 is 2.68. The number of hydrogen-bond donors (Lipinski definition) is 1. The van der Waals surface area contributed by atoms with Gasteiger partial charge in [0.15, 0.2) is 9.75 Å². The molecule has 0 aliphatic carbocycles. The van der Waals surface area contributed by atoms with Gasteiger partial charge in [-0.1, -0.05) is 0 Å². The molecule has 0 bridgehead atoms. The third-order valence-corrected chi connectivity index (χ3v) is 5.99. The smallest absolute Gasteiger partial charge is 0.392 e. The number of esters is 1. The first kappa shape index (κ1) is 21.3. The summed E-state index contributed by atoms with van der Waals surface area (Å²) < 4.78 is 12.9. The maximum absolute atomic E-state index is 12.0. The summed E-state index contributed by atoms with van der Waals surface area (Å²) in [7, 11) is 0. The Morgan fingerprint density at radius 3 is 2.52 bits per heavy atom. The lowest BCUT2D eigenvalue weighted by Crippen LogP contribution is -3.00. The first-order valence-corrected chi connectivity index (χ1v) is 9.79. The van der Waals surface area contributed by atoms with Crippen LogP contribution in [0.5, 0.6) is 11.6 Å². The zero-order chi connectivity index (χ0) is 18.7. The molecule has 27 heavy (non-hydrogen) atoms. The number of nitrogens with zero attached hydrogens (tertiary/aromatic N) is 2. The summed E-state index contributed by atoms with van der Waals surface area (Å²) in [6.45, 7) is 6.43. The van der Waals surface area contributed by atoms with E-state index >= 15 is 0 Å². The van der Waals surface area contributed by atoms with E-state index in [2.05, 4.69) is 4.99 Å². The Bertz CT molecular complexity index is 964. The van der Waals surface area contributed by atoms with Gasteiger partial charge in [0.25, 0.3) is 0 Å². The Hall–Kier alpha value is -1.97. The lowest BCUT2D eigenvalue weighted by Gasteiger charge is -2.01. The van der Waals surface area contributed by atoms with Crippen molar-refractivity contribution in [3.63, 3.8) is 0 Å². The second kappa shape index (κ2) is 9.29. The van der Waals surface area contributed by atoms with Crippen molar-refractivity contribution < 1.29 is 40.8 Å². The van der Waals surface area contributed by atoms with Crippen LogP contribution < -0.4 is 26.1 Å². The summed E-state index contributed by atoms with van der Waals surface area (Å²) in [6.07, 6.45) is 1.62. The Labute approximate surface area is 175 Å². The maximum Gasteiger partial charge on any atom is 0.392 e. The van der Waals surface area contributed by atoms with Gasteiger partial charge in [0.1, 0.15) is 5.75 Å². The molecule has 0 fully saturated rings. The van der Waals surface area contributed by atoms with Crippen molar-refractivity contribution in [3.05, 3.63) is 39.7 Å². The average molecular weight is 471 g/mol. The number of aliphatic imine (C=N–C) groups is 1. The van der Waals surface area contributed by atoms with Gasteiger partial charge >= 0.3 is 16.0 Å². The number of carbonyl (C=O) groups excluding carboxylic acids is 1. The minimum absolute atomic E-state index is 0. The molecular weight excluding hydrogens is 452 g/mol. The van der Waals surface area contributed by atoms with E-state index in [4.69, 9.17) is 9.47 Å². The second-order valence-corrected chi connectivity index (χ2v) is 7.60. The highest BCUT2D eigenvalue weighted by molar-refractivity contribution is 7.37. The van der Waals surface area contributed by atoms with Gasteiger partial charge in [0.2, 0.25) is 5.69 Å². The molecular formula is C18H19BrN2O4S2. The molecule has 0 spiro atoms. The average Bonchev–Trinajstić information content (AvgIpc) is 3.12. The van der Waals surface area contributed by atoms with E-state index in [9.17, 15) is 9.90 Å². The quantitative estimate of drug-likeness (QED) is 0.330. The molecule has 0 unspecified atom stereocenters. The summed E-state index contributed by atoms with van der Waals surface area (Å²) in [5, 5.41) is 10.5. The molecule has 9 heteroatoms. The lowest BCUT2D eigenvalue weighted by molar-refractivity contribution is -0.521. The molecule has 2 heterocycles. The highest BCUT2D eigenvalue weighted by Gasteiger charge is 2.30. The number of benzene rings is 1. The molecule has 0 amide bonds. The molecule has 0 aliphatic heterocycles. The highest BCUT2D eigenvalue weighted by atomic mass is 79.9. The van der Waals surface area contributed by atoms with Crippen molar-refractivity contribution in [2.75, 3.05) is 13.2 Å². The Kier molecular flexibility index (Phi) is 7.34. The van der Waals surface area contributed by atoms with E-state index in [1.54, 1.807) is 24.5 Å². The van der Waals surface area contributed by atoms with Crippen LogP contribution in [0.3, 0.4) is 0 Å². The number of aromatic hydroxyl groups is 1. The molecule has 0 saturated heterocycles. The van der Waals surface area contributed by atoms with Crippen LogP contribution in [0.15, 0.2) is 29.3 Å². The van der Waals surface area contributed by atoms with Gasteiger partial charge < -0.3 is 31.6 Å². The fraction of sp³-hybridized carbons (Fsp3) is 0.278. The number of thiazole rings is 2. The third kappa shape index (κ3) is 4.48. The largest absolute Gasteiger partial charge is 1.00 e. The Morgan fingerprint density at radius 2 is 1.93 bits per heavy atom. The van der Waals surface area contributed by atoms with E-state index in [1.165, 1.54) is 22.7 Å². The van der Waals surface area contributed by atoms with E-state index in [1.807, 2.05) is 31.2 Å². The van der Waals surface area contributed by atoms with E-state index in [-0.39, 0.29) is 28.8 Å². The number of hydrogen-bond acceptors (Lipinski definition) is 7. The first-order chi connectivity index (χ1) is 12.5. The van der Waals surface area contributed by atoms with Crippen molar-refractivity contribution in [2.45, 2.75) is 20.8 Å². The van der Waals surface area contributed by atoms with Crippen LogP contribution >= 0.6 is 22.7 Å². The van der Waals surface area contributed by atoms with Crippen LogP contribution in [-0.4, -0.2) is 30.5 Å². The topological polar surface area (TPSA) is 72.2 Å². The number of ether oxygens (including phenoxy) is 2. The fourth-order valence-electron chi connectivity index (χ4n) is 2.41. The van der Waals surface area contributed by atoms with Crippen LogP contribution in [0.2, 0.25) is 0 Å². The van der Waals surface area contributed by atoms with Gasteiger partial charge in [-0.15, -0.1) is 4.40 Å². The normalized spacial score (nSPS) is 10.9. The van der Waals surface area contributed by atoms with E-state index < -0.39 is 0 Å². The lowest BCUT2D eigenvalue weighted by atomic mass is 10.3. The van der Waals surface area contributed by atoms with Crippen LogP contribution in [0.25, 0.3) is 4.14 Å². The number of rotatable bonds is 6. The molecule has 1 aromatic carbocycles. The van der Waals surface area contributed by atoms with E-state index in [0.717, 1.165) is 15.6 Å². The summed E-state index contributed by atoms with van der Waals surface area (Å²) in [4.78, 5) is 17.5. The molecule has 3 rings (SSSR count). The van der Waals surface area contributed by atoms with Gasteiger partial charge in [-0.25, -0.2) is 4.79 Å². The summed E-state index contributed by atoms with van der Waals surface area (Å²) in [5.74, 6) is 0.502. The summed E-state index contributed by atoms with van der Waals surface area (Å²) in [5.41, 5.74) is 1.43. The molecule has 1 N–H and O–H groups in total. The van der Waals surface area contributed by atoms with E-state index in [0.29, 0.717) is 28.7 Å². The number of aryl methyl sites for hydroxylation is 1. The van der Waals surface area contributed by atoms with Crippen LogP contribution in [0, 0.1) is 6.92 Å². The molecule has 3 aromatic rings. The zero-order valence-corrected chi connectivity index (χ0v) is 18.3. The predicted octanol–water partition coefficient (Wildman–Crippen LogP) is 0.892. The van der Waals surface area contributed by atoms with Crippen LogP contribution in [0.4, 0.5) is 5.69 Å². The van der Waals surface area contributed by atoms with Crippen molar-refractivity contribution in [1.82, 2.24) is 0 Å². The minimum atomic E-state index is -0.366. The SMILES string of the molecule is CCOC(=O)c1sc2sc(C=Nc3ccc(OCC)cc3)c(O)[n+]2c1C.[Br-]. The molecule has 144 valence electrons. The second-order valence-electron chi connectivity index (χ2n) is 5.31. The van der Waals surface area contributed by atoms with Crippen molar-refractivity contribution in [3.8, 4) is 11.6 Å². The van der Waals surface area contributed by atoms with Crippen LogP contribution in [-0.2, 0) is 4.74 Å². The van der Waals surface area contributed by atoms with Gasteiger partial charge in [-0.3, -0.25) is 4.99 Å². The Balaban J connectivity index is 0.00000261. The summed E-state index contributed by atoms with van der Waals surface area (Å²) in [6, 6.07) is 7.42. The van der Waals surface area contributed by atoms with Gasteiger partial charge in [0.05, 0.1) is 25.1 Å². The zero-order valence-electron chi connectivity index (χ0n) is 15.1. The third-order valence-electron chi connectivity index (χ3n) is 3.60. The first-order valence-electron chi connectivity index (χ1n) is 8.16. The fourth-order valence-corrected chi connectivity index (χ4v) is 4.75. The number of carbonyl (C=O) groups is 1. The minimum Gasteiger partial charge on any atom is -1.00 e. The van der Waals surface area contributed by atoms with Crippen LogP contribution in [0.1, 0.15) is 34.1 Å². The monoisotopic (exact) mass is 470 g/mol. The Morgan fingerprint density at radius 1 is 1.22 bits per heavy atom. The van der Waals surface area contributed by atoms with Gasteiger partial charge in [-0.2, -0.15) is 0 Å². The standard InChI is InChI=1S/C18H18N2O4S2.BrH/c1-4-23-13-8-6-12(7-9-13)19-10-14-16(21)20-11(3)15(17(22)24-5-2)26-18(20)25-14;/h6-10H,4-5H2,1-3H3;1H. The number of fused-ring (bicyclic) bond motifs is 1. The highest BCUT2D eigenvalue weighted by Crippen LogP contribution is 2.30. The molecule has 0 radical (unpaired) electrons. The molecule has 0 aliphatic rings. The molecule has 0 atom stereocenters. The van der Waals surface area contributed by atoms with Gasteiger partial charge in [0, 0.05) is 6.92 Å². The number of halogens is 1. The van der Waals surface area contributed by atoms with Gasteiger partial charge in [-0.05, 0) is 60.8 Å². The van der Waals surface area contributed by atoms with Crippen molar-refractivity contribution in [1.29, 1.82) is 0 Å². The predicted molar refractivity (Wildman–Crippen MR) is 103 cm³/mol. The maximum atomic E-state index is 12.0. The molecule has 2 aromatic heterocycles. The van der Waals surface area contributed by atoms with Crippen molar-refractivity contribution in [2.24, 2.45) is 4.99 Å². The molecule has 6 nitrogen and oxygen atoms in total.